The first kappa shape index (κ1) is 10.7. The zero-order chi connectivity index (χ0) is 9.36. The summed E-state index contributed by atoms with van der Waals surface area (Å²) in [6.45, 7) is 6.47. The van der Waals surface area contributed by atoms with Gasteiger partial charge in [-0.1, -0.05) is 12.2 Å². The highest BCUT2D eigenvalue weighted by atomic mass is 15.1. The number of rotatable bonds is 7. The van der Waals surface area contributed by atoms with Crippen molar-refractivity contribution in [3.05, 3.63) is 12.2 Å². The quantitative estimate of drug-likeness (QED) is 0.437. The molecule has 0 atom stereocenters. The fourth-order valence-electron chi connectivity index (χ4n) is 1.48. The largest absolute Gasteiger partial charge is 0.330 e. The van der Waals surface area contributed by atoms with Crippen LogP contribution in [0.1, 0.15) is 12.8 Å². The van der Waals surface area contributed by atoms with Gasteiger partial charge in [0.2, 0.25) is 0 Å². The van der Waals surface area contributed by atoms with E-state index in [0.29, 0.717) is 0 Å². The summed E-state index contributed by atoms with van der Waals surface area (Å²) in [4.78, 5) is 2.45. The normalized spacial score (nSPS) is 17.0. The highest BCUT2D eigenvalue weighted by Crippen LogP contribution is 1.98. The first-order valence-corrected chi connectivity index (χ1v) is 5.21. The predicted molar refractivity (Wildman–Crippen MR) is 56.7 cm³/mol. The molecule has 0 aromatic carbocycles. The molecule has 76 valence electrons. The number of nitrogens with one attached hydrogen (secondary N) is 1. The summed E-state index contributed by atoms with van der Waals surface area (Å²) in [7, 11) is 0. The maximum atomic E-state index is 5.39. The molecule has 0 amide bonds. The molecule has 13 heavy (non-hydrogen) atoms. The van der Waals surface area contributed by atoms with Crippen LogP contribution in [0.2, 0.25) is 0 Å². The number of hydrogen-bond acceptors (Lipinski definition) is 3. The zero-order valence-corrected chi connectivity index (χ0v) is 8.34. The van der Waals surface area contributed by atoms with Crippen molar-refractivity contribution >= 4 is 0 Å². The molecule has 0 aromatic heterocycles. The van der Waals surface area contributed by atoms with Gasteiger partial charge >= 0.3 is 0 Å². The van der Waals surface area contributed by atoms with E-state index in [0.717, 1.165) is 39.1 Å². The van der Waals surface area contributed by atoms with Crippen LogP contribution in [0.5, 0.6) is 0 Å². The van der Waals surface area contributed by atoms with E-state index in [-0.39, 0.29) is 0 Å². The molecule has 0 fully saturated rings. The van der Waals surface area contributed by atoms with E-state index in [2.05, 4.69) is 22.4 Å². The molecule has 1 aliphatic heterocycles. The van der Waals surface area contributed by atoms with Crippen molar-refractivity contribution in [2.45, 2.75) is 12.8 Å². The molecule has 0 spiro atoms. The molecule has 0 saturated heterocycles. The third-order valence-electron chi connectivity index (χ3n) is 2.28. The van der Waals surface area contributed by atoms with Crippen molar-refractivity contribution in [1.29, 1.82) is 0 Å². The zero-order valence-electron chi connectivity index (χ0n) is 8.34. The number of nitrogens with two attached hydrogens (primary N) is 1. The van der Waals surface area contributed by atoms with Crippen molar-refractivity contribution < 1.29 is 0 Å². The molecular weight excluding hydrogens is 162 g/mol. The fourth-order valence-corrected chi connectivity index (χ4v) is 1.48. The summed E-state index contributed by atoms with van der Waals surface area (Å²) in [6.07, 6.45) is 6.81. The van der Waals surface area contributed by atoms with E-state index in [1.54, 1.807) is 0 Å². The lowest BCUT2D eigenvalue weighted by Crippen LogP contribution is -2.26. The second-order valence-electron chi connectivity index (χ2n) is 3.48. The highest BCUT2D eigenvalue weighted by Gasteiger charge is 2.03. The first-order chi connectivity index (χ1) is 6.43. The minimum Gasteiger partial charge on any atom is -0.330 e. The van der Waals surface area contributed by atoms with Crippen molar-refractivity contribution in [2.75, 3.05) is 39.3 Å². The Labute approximate surface area is 81.0 Å². The molecule has 1 rings (SSSR count). The van der Waals surface area contributed by atoms with E-state index >= 15 is 0 Å². The molecule has 0 radical (unpaired) electrons. The Morgan fingerprint density at radius 2 is 1.85 bits per heavy atom. The summed E-state index contributed by atoms with van der Waals surface area (Å²) >= 11 is 0. The lowest BCUT2D eigenvalue weighted by Gasteiger charge is -2.14. The van der Waals surface area contributed by atoms with Crippen LogP contribution in [0.3, 0.4) is 0 Å². The van der Waals surface area contributed by atoms with Gasteiger partial charge in [0.05, 0.1) is 0 Å². The third kappa shape index (κ3) is 5.03. The van der Waals surface area contributed by atoms with Gasteiger partial charge in [0.1, 0.15) is 0 Å². The van der Waals surface area contributed by atoms with Crippen LogP contribution in [0.4, 0.5) is 0 Å². The van der Waals surface area contributed by atoms with E-state index in [4.69, 9.17) is 5.73 Å². The molecule has 1 aliphatic rings. The maximum absolute atomic E-state index is 5.39. The summed E-state index contributed by atoms with van der Waals surface area (Å²) in [5.74, 6) is 0. The van der Waals surface area contributed by atoms with Gasteiger partial charge in [-0.2, -0.15) is 0 Å². The molecule has 3 N–H and O–H groups in total. The van der Waals surface area contributed by atoms with Gasteiger partial charge < -0.3 is 11.1 Å². The standard InChI is InChI=1S/C10H21N3/c11-5-3-6-12-7-4-10-13-8-1-2-9-13/h1-2,12H,3-11H2. The Kier molecular flexibility index (Phi) is 5.81. The van der Waals surface area contributed by atoms with Crippen molar-refractivity contribution in [1.82, 2.24) is 10.2 Å². The molecule has 0 saturated carbocycles. The Balaban J connectivity index is 1.78. The van der Waals surface area contributed by atoms with Crippen molar-refractivity contribution in [3.8, 4) is 0 Å². The molecule has 3 heteroatoms. The lowest BCUT2D eigenvalue weighted by atomic mass is 10.3. The fraction of sp³-hybridized carbons (Fsp3) is 0.800. The molecule has 3 nitrogen and oxygen atoms in total. The number of nitrogens with zero attached hydrogens (tertiary/aromatic N) is 1. The predicted octanol–water partition coefficient (Wildman–Crippen LogP) is 0.187. The molecule has 0 bridgehead atoms. The van der Waals surface area contributed by atoms with Gasteiger partial charge in [0.25, 0.3) is 0 Å². The Morgan fingerprint density at radius 1 is 1.15 bits per heavy atom. The summed E-state index contributed by atoms with van der Waals surface area (Å²) in [6, 6.07) is 0. The molecular formula is C10H21N3. The maximum Gasteiger partial charge on any atom is 0.0166 e. The molecule has 0 unspecified atom stereocenters. The van der Waals surface area contributed by atoms with E-state index in [1.165, 1.54) is 13.0 Å². The minimum absolute atomic E-state index is 0.795. The summed E-state index contributed by atoms with van der Waals surface area (Å²) in [5.41, 5.74) is 5.39. The van der Waals surface area contributed by atoms with Gasteiger partial charge in [0.15, 0.2) is 0 Å². The summed E-state index contributed by atoms with van der Waals surface area (Å²) < 4.78 is 0. The van der Waals surface area contributed by atoms with Crippen LogP contribution >= 0.6 is 0 Å². The average molecular weight is 183 g/mol. The van der Waals surface area contributed by atoms with Gasteiger partial charge in [-0.05, 0) is 39.0 Å². The summed E-state index contributed by atoms with van der Waals surface area (Å²) in [5, 5.41) is 3.38. The van der Waals surface area contributed by atoms with Crippen LogP contribution in [-0.4, -0.2) is 44.2 Å². The second-order valence-corrected chi connectivity index (χ2v) is 3.48. The lowest BCUT2D eigenvalue weighted by molar-refractivity contribution is 0.344. The minimum atomic E-state index is 0.795. The SMILES string of the molecule is NCCCNCCCN1CC=CC1. The van der Waals surface area contributed by atoms with Gasteiger partial charge in [-0.25, -0.2) is 0 Å². The molecule has 0 aliphatic carbocycles. The van der Waals surface area contributed by atoms with Crippen LogP contribution in [-0.2, 0) is 0 Å². The topological polar surface area (TPSA) is 41.3 Å². The van der Waals surface area contributed by atoms with E-state index in [1.807, 2.05) is 0 Å². The number of hydrogen-bond donors (Lipinski definition) is 2. The van der Waals surface area contributed by atoms with E-state index < -0.39 is 0 Å². The highest BCUT2D eigenvalue weighted by molar-refractivity contribution is 4.94. The van der Waals surface area contributed by atoms with Crippen LogP contribution in [0, 0.1) is 0 Å². The van der Waals surface area contributed by atoms with Crippen LogP contribution < -0.4 is 11.1 Å². The molecule has 1 heterocycles. The first-order valence-electron chi connectivity index (χ1n) is 5.21. The smallest absolute Gasteiger partial charge is 0.0166 e. The van der Waals surface area contributed by atoms with Gasteiger partial charge in [-0.15, -0.1) is 0 Å². The Hall–Kier alpha value is -0.380. The van der Waals surface area contributed by atoms with E-state index in [9.17, 15) is 0 Å². The van der Waals surface area contributed by atoms with Gasteiger partial charge in [0, 0.05) is 13.1 Å². The van der Waals surface area contributed by atoms with Crippen molar-refractivity contribution in [2.24, 2.45) is 5.73 Å². The van der Waals surface area contributed by atoms with Crippen molar-refractivity contribution in [3.63, 3.8) is 0 Å². The Morgan fingerprint density at radius 3 is 2.54 bits per heavy atom. The molecule has 0 aromatic rings. The second kappa shape index (κ2) is 7.06. The Bertz CT molecular complexity index is 137. The third-order valence-corrected chi connectivity index (χ3v) is 2.28. The van der Waals surface area contributed by atoms with Crippen LogP contribution in [0.15, 0.2) is 12.2 Å². The average Bonchev–Trinajstić information content (AvgIpc) is 2.63. The monoisotopic (exact) mass is 183 g/mol. The van der Waals surface area contributed by atoms with Gasteiger partial charge in [-0.3, -0.25) is 4.90 Å². The van der Waals surface area contributed by atoms with Crippen LogP contribution in [0.25, 0.3) is 0 Å².